The van der Waals surface area contributed by atoms with E-state index >= 15 is 0 Å². The van der Waals surface area contributed by atoms with Gasteiger partial charge in [-0.15, -0.1) is 33.2 Å². The maximum absolute atomic E-state index is 6.60. The number of benzene rings is 3. The molecule has 0 atom stereocenters. The number of rotatable bonds is 0. The second-order valence-corrected chi connectivity index (χ2v) is 8.29. The molecule has 114 valence electrons. The summed E-state index contributed by atoms with van der Waals surface area (Å²) >= 11 is 1.32. The van der Waals surface area contributed by atoms with Crippen molar-refractivity contribution in [3.63, 3.8) is 0 Å². The first-order valence-corrected chi connectivity index (χ1v) is 9.61. The Labute approximate surface area is 191 Å². The number of aromatic amines is 1. The fraction of sp³-hybridized carbons (Fsp3) is 0. The molecule has 30 heavy (non-hydrogen) atoms. The number of fused-ring (bicyclic) bond motifs is 6. The van der Waals surface area contributed by atoms with Crippen molar-refractivity contribution in [2.45, 2.75) is 0 Å². The van der Waals surface area contributed by atoms with Crippen LogP contribution in [0.4, 0.5) is 0 Å². The highest BCUT2D eigenvalue weighted by Gasteiger charge is 2.22. The van der Waals surface area contributed by atoms with Crippen molar-refractivity contribution in [2.24, 2.45) is 0 Å². The predicted octanol–water partition coefficient (Wildman–Crippen LogP) is -6.37. The molecule has 0 fully saturated rings. The third-order valence-corrected chi connectivity index (χ3v) is 7.01. The summed E-state index contributed by atoms with van der Waals surface area (Å²) in [5.41, 5.74) is 3.79. The first kappa shape index (κ1) is 20.2. The largest absolute Gasteiger partial charge is 0.356 e. The molecule has 3 aromatic carbocycles. The molecule has 1 N–H and O–H groups in total. The van der Waals surface area contributed by atoms with Crippen molar-refractivity contribution in [1.82, 2.24) is 4.98 Å². The molecule has 20 radical (unpaired) electrons. The van der Waals surface area contributed by atoms with Crippen LogP contribution in [-0.2, 0) is 0 Å². The average Bonchev–Trinajstić information content (AvgIpc) is 3.32. The molecule has 0 aliphatic carbocycles. The molecular weight excluding hydrogens is 370 g/mol. The van der Waals surface area contributed by atoms with Crippen molar-refractivity contribution >= 4 is 186 Å². The molecular formula is C18HB10NS. The zero-order valence-electron chi connectivity index (χ0n) is 15.7. The normalized spacial score (nSPS) is 12.0. The number of aromatic nitrogens is 1. The van der Waals surface area contributed by atoms with Crippen LogP contribution >= 0.6 is 11.3 Å². The van der Waals surface area contributed by atoms with Crippen molar-refractivity contribution < 1.29 is 0 Å². The predicted molar refractivity (Wildman–Crippen MR) is 143 cm³/mol. The Morgan fingerprint density at radius 2 is 0.767 bits per heavy atom. The maximum atomic E-state index is 6.60. The lowest BCUT2D eigenvalue weighted by molar-refractivity contribution is 1.59. The van der Waals surface area contributed by atoms with E-state index < -0.39 is 0 Å². The number of H-pyrrole nitrogens is 1. The quantitative estimate of drug-likeness (QED) is 0.261. The van der Waals surface area contributed by atoms with Crippen LogP contribution in [0.1, 0.15) is 0 Å². The first-order valence-electron chi connectivity index (χ1n) is 8.79. The molecule has 5 rings (SSSR count). The summed E-state index contributed by atoms with van der Waals surface area (Å²) < 4.78 is 1.33. The van der Waals surface area contributed by atoms with Crippen molar-refractivity contribution in [2.75, 3.05) is 0 Å². The van der Waals surface area contributed by atoms with Gasteiger partial charge in [-0.2, -0.15) is 0 Å². The van der Waals surface area contributed by atoms with Crippen LogP contribution in [0.25, 0.3) is 42.0 Å². The summed E-state index contributed by atoms with van der Waals surface area (Å²) in [6.07, 6.45) is 0. The van der Waals surface area contributed by atoms with Gasteiger partial charge < -0.3 is 4.98 Å². The minimum Gasteiger partial charge on any atom is -0.356 e. The SMILES string of the molecule is [B]c1c([B])c([B])c2c([nH]c3c([B])c4c(sc5c([B])c([B])c([B])c([B])c54)c([B])c32)c1[B]. The van der Waals surface area contributed by atoms with Gasteiger partial charge in [-0.05, 0) is 16.2 Å². The van der Waals surface area contributed by atoms with Gasteiger partial charge in [0, 0.05) is 25.8 Å². The molecule has 2 aromatic heterocycles. The van der Waals surface area contributed by atoms with Crippen LogP contribution in [0, 0.1) is 0 Å². The summed E-state index contributed by atoms with van der Waals surface area (Å²) in [5, 5.41) is 2.37. The van der Waals surface area contributed by atoms with E-state index in [0.29, 0.717) is 58.4 Å². The Morgan fingerprint density at radius 1 is 0.367 bits per heavy atom. The molecule has 0 amide bonds. The molecule has 0 saturated carbocycles. The van der Waals surface area contributed by atoms with Crippen molar-refractivity contribution in [1.29, 1.82) is 0 Å². The van der Waals surface area contributed by atoms with E-state index in [-0.39, 0.29) is 38.2 Å². The Hall–Kier alpha value is -1.67. The van der Waals surface area contributed by atoms with Crippen LogP contribution in [-0.4, -0.2) is 83.4 Å². The van der Waals surface area contributed by atoms with Crippen molar-refractivity contribution in [3.05, 3.63) is 0 Å². The lowest BCUT2D eigenvalue weighted by atomic mass is 9.64. The molecule has 5 aromatic rings. The van der Waals surface area contributed by atoms with E-state index in [2.05, 4.69) is 4.98 Å². The number of hydrogen-bond acceptors (Lipinski definition) is 1. The summed E-state index contributed by atoms with van der Waals surface area (Å²) in [6.45, 7) is 0. The van der Waals surface area contributed by atoms with E-state index in [0.717, 1.165) is 0 Å². The summed E-state index contributed by atoms with van der Waals surface area (Å²) in [5.74, 6) is 0. The van der Waals surface area contributed by atoms with Gasteiger partial charge in [0.1, 0.15) is 78.5 Å². The number of nitrogens with one attached hydrogen (secondary N) is 1. The van der Waals surface area contributed by atoms with Crippen LogP contribution < -0.4 is 54.6 Å². The van der Waals surface area contributed by atoms with Gasteiger partial charge in [0.25, 0.3) is 0 Å². The fourth-order valence-corrected chi connectivity index (χ4v) is 5.38. The van der Waals surface area contributed by atoms with Crippen LogP contribution in [0.3, 0.4) is 0 Å². The Kier molecular flexibility index (Phi) is 4.33. The first-order chi connectivity index (χ1) is 14.1. The molecule has 0 spiro atoms. The third-order valence-electron chi connectivity index (χ3n) is 5.75. The van der Waals surface area contributed by atoms with E-state index in [1.54, 1.807) is 0 Å². The number of hydrogen-bond donors (Lipinski definition) is 1. The summed E-state index contributed by atoms with van der Waals surface area (Å²) in [4.78, 5) is 3.20. The molecule has 0 bridgehead atoms. The highest BCUT2D eigenvalue weighted by Crippen LogP contribution is 2.32. The van der Waals surface area contributed by atoms with E-state index in [1.807, 2.05) is 0 Å². The zero-order valence-corrected chi connectivity index (χ0v) is 16.5. The fourth-order valence-electron chi connectivity index (χ4n) is 4.11. The topological polar surface area (TPSA) is 15.8 Å². The van der Waals surface area contributed by atoms with Crippen molar-refractivity contribution in [3.8, 4) is 0 Å². The van der Waals surface area contributed by atoms with Gasteiger partial charge in [-0.1, -0.05) is 32.8 Å². The lowest BCUT2D eigenvalue weighted by Gasteiger charge is -2.14. The highest BCUT2D eigenvalue weighted by molar-refractivity contribution is 7.28. The smallest absolute Gasteiger partial charge is 0.117 e. The van der Waals surface area contributed by atoms with E-state index in [1.165, 1.54) is 11.3 Å². The Balaban J connectivity index is 2.14. The van der Waals surface area contributed by atoms with Gasteiger partial charge in [0.05, 0.1) is 0 Å². The van der Waals surface area contributed by atoms with Gasteiger partial charge in [-0.25, -0.2) is 0 Å². The van der Waals surface area contributed by atoms with E-state index in [9.17, 15) is 0 Å². The third kappa shape index (κ3) is 2.27. The molecule has 0 aliphatic heterocycles. The minimum absolute atomic E-state index is 0.185. The minimum atomic E-state index is 0.185. The van der Waals surface area contributed by atoms with E-state index in [4.69, 9.17) is 78.5 Å². The second-order valence-electron chi connectivity index (χ2n) is 7.27. The molecule has 0 unspecified atom stereocenters. The maximum Gasteiger partial charge on any atom is 0.117 e. The monoisotopic (exact) mass is 373 g/mol. The lowest BCUT2D eigenvalue weighted by Crippen LogP contribution is -2.47. The molecule has 0 saturated heterocycles. The summed E-state index contributed by atoms with van der Waals surface area (Å²) in [6, 6.07) is 0. The summed E-state index contributed by atoms with van der Waals surface area (Å²) in [7, 11) is 62.3. The van der Waals surface area contributed by atoms with Crippen LogP contribution in [0.15, 0.2) is 0 Å². The molecule has 12 heteroatoms. The molecule has 2 heterocycles. The van der Waals surface area contributed by atoms with Gasteiger partial charge in [0.2, 0.25) is 0 Å². The van der Waals surface area contributed by atoms with Gasteiger partial charge >= 0.3 is 0 Å². The zero-order chi connectivity index (χ0) is 21.8. The van der Waals surface area contributed by atoms with Gasteiger partial charge in [-0.3, -0.25) is 0 Å². The van der Waals surface area contributed by atoms with Crippen LogP contribution in [0.2, 0.25) is 0 Å². The Bertz CT molecular complexity index is 1480. The standard InChI is InChI=1S/C18HB10NS/c19-5-1-2-8(22)17-4(3-6(20)10(24)12(26)14(28)18(3)30-17)7(21)15(2)29-16(1)13(27)11(25)9(5)23/h29H. The second kappa shape index (κ2) is 6.42. The highest BCUT2D eigenvalue weighted by atomic mass is 32.1. The Morgan fingerprint density at radius 3 is 1.40 bits per heavy atom. The molecule has 1 nitrogen and oxygen atoms in total. The average molecular weight is 371 g/mol. The van der Waals surface area contributed by atoms with Gasteiger partial charge in [0.15, 0.2) is 0 Å². The van der Waals surface area contributed by atoms with Crippen LogP contribution in [0.5, 0.6) is 0 Å². The molecule has 0 aliphatic rings. The number of thiophene rings is 1.